The molecule has 0 aromatic heterocycles. The van der Waals surface area contributed by atoms with Gasteiger partial charge in [0.1, 0.15) is 5.75 Å². The molecule has 0 unspecified atom stereocenters. The summed E-state index contributed by atoms with van der Waals surface area (Å²) in [5.41, 5.74) is 1.24. The van der Waals surface area contributed by atoms with Crippen molar-refractivity contribution in [2.45, 2.75) is 25.7 Å². The van der Waals surface area contributed by atoms with Crippen molar-refractivity contribution in [1.29, 1.82) is 0 Å². The molecule has 22 heavy (non-hydrogen) atoms. The van der Waals surface area contributed by atoms with Crippen molar-refractivity contribution < 1.29 is 13.2 Å². The van der Waals surface area contributed by atoms with Crippen LogP contribution >= 0.6 is 0 Å². The molecule has 0 radical (unpaired) electrons. The van der Waals surface area contributed by atoms with Crippen LogP contribution in [0.15, 0.2) is 36.9 Å². The topological polar surface area (TPSA) is 46.6 Å². The molecule has 1 aromatic rings. The van der Waals surface area contributed by atoms with Gasteiger partial charge >= 0.3 is 0 Å². The van der Waals surface area contributed by atoms with Crippen LogP contribution in [0.1, 0.15) is 24.8 Å². The summed E-state index contributed by atoms with van der Waals surface area (Å²) in [5.74, 6) is 1.34. The van der Waals surface area contributed by atoms with E-state index in [2.05, 4.69) is 18.7 Å². The maximum Gasteiger partial charge on any atom is 0.217 e. The molecule has 1 saturated heterocycles. The number of piperidine rings is 1. The number of methoxy groups -OCH3 is 1. The van der Waals surface area contributed by atoms with Gasteiger partial charge in [-0.1, -0.05) is 18.2 Å². The van der Waals surface area contributed by atoms with E-state index in [1.165, 1.54) is 11.6 Å². The highest BCUT2D eigenvalue weighted by atomic mass is 32.2. The molecule has 1 heterocycles. The number of ether oxygens (including phenoxy) is 1. The molecule has 4 nitrogen and oxygen atoms in total. The number of benzene rings is 1. The fourth-order valence-electron chi connectivity index (χ4n) is 2.97. The summed E-state index contributed by atoms with van der Waals surface area (Å²) < 4.78 is 31.1. The van der Waals surface area contributed by atoms with Crippen molar-refractivity contribution in [2.24, 2.45) is 5.92 Å². The van der Waals surface area contributed by atoms with Crippen LogP contribution in [0.2, 0.25) is 0 Å². The monoisotopic (exact) mass is 323 g/mol. The minimum absolute atomic E-state index is 0.0373. The highest BCUT2D eigenvalue weighted by molar-refractivity contribution is 7.89. The van der Waals surface area contributed by atoms with Crippen LogP contribution in [-0.4, -0.2) is 38.7 Å². The first-order chi connectivity index (χ1) is 10.5. The lowest BCUT2D eigenvalue weighted by Gasteiger charge is -2.31. The first-order valence-corrected chi connectivity index (χ1v) is 9.37. The van der Waals surface area contributed by atoms with E-state index in [0.717, 1.165) is 31.4 Å². The third-order valence-electron chi connectivity index (χ3n) is 4.18. The molecule has 1 atom stereocenters. The number of rotatable bonds is 7. The molecule has 0 saturated carbocycles. The van der Waals surface area contributed by atoms with Crippen LogP contribution in [0, 0.1) is 5.92 Å². The van der Waals surface area contributed by atoms with Gasteiger partial charge < -0.3 is 4.74 Å². The van der Waals surface area contributed by atoms with Gasteiger partial charge in [0.05, 0.1) is 12.9 Å². The van der Waals surface area contributed by atoms with E-state index in [-0.39, 0.29) is 5.75 Å². The quantitative estimate of drug-likeness (QED) is 0.725. The first kappa shape index (κ1) is 17.0. The molecular formula is C17H25NO3S. The Labute approximate surface area is 133 Å². The average Bonchev–Trinajstić information content (AvgIpc) is 2.53. The minimum Gasteiger partial charge on any atom is -0.497 e. The van der Waals surface area contributed by atoms with E-state index in [9.17, 15) is 8.42 Å². The second-order valence-electron chi connectivity index (χ2n) is 5.82. The third-order valence-corrected chi connectivity index (χ3v) is 5.95. The van der Waals surface area contributed by atoms with Crippen molar-refractivity contribution >= 4 is 10.0 Å². The Morgan fingerprint density at radius 3 is 3.00 bits per heavy atom. The van der Waals surface area contributed by atoms with E-state index in [4.69, 9.17) is 4.74 Å². The maximum atomic E-state index is 12.1. The Kier molecular flexibility index (Phi) is 6.03. The van der Waals surface area contributed by atoms with Gasteiger partial charge in [0.15, 0.2) is 0 Å². The van der Waals surface area contributed by atoms with E-state index >= 15 is 0 Å². The van der Waals surface area contributed by atoms with E-state index < -0.39 is 10.0 Å². The summed E-state index contributed by atoms with van der Waals surface area (Å²) in [6.45, 7) is 4.82. The molecule has 5 heteroatoms. The van der Waals surface area contributed by atoms with Gasteiger partial charge in [-0.15, -0.1) is 6.58 Å². The molecule has 0 N–H and O–H groups in total. The van der Waals surface area contributed by atoms with E-state index in [0.29, 0.717) is 19.0 Å². The summed E-state index contributed by atoms with van der Waals surface area (Å²) in [4.78, 5) is 0. The number of hydrogen-bond acceptors (Lipinski definition) is 3. The van der Waals surface area contributed by atoms with Crippen LogP contribution in [0.5, 0.6) is 5.75 Å². The van der Waals surface area contributed by atoms with Gasteiger partial charge in [-0.3, -0.25) is 0 Å². The predicted molar refractivity (Wildman–Crippen MR) is 89.6 cm³/mol. The van der Waals surface area contributed by atoms with Gasteiger partial charge in [0.25, 0.3) is 0 Å². The highest BCUT2D eigenvalue weighted by Gasteiger charge is 2.27. The van der Waals surface area contributed by atoms with Crippen molar-refractivity contribution in [2.75, 3.05) is 26.0 Å². The molecule has 1 fully saturated rings. The Bertz CT molecular complexity index is 598. The second-order valence-corrected chi connectivity index (χ2v) is 7.84. The second kappa shape index (κ2) is 7.79. The van der Waals surface area contributed by atoms with Crippen molar-refractivity contribution in [3.8, 4) is 5.75 Å². The highest BCUT2D eigenvalue weighted by Crippen LogP contribution is 2.24. The molecule has 0 bridgehead atoms. The predicted octanol–water partition coefficient (Wildman–Crippen LogP) is 2.86. The molecule has 1 aliphatic heterocycles. The summed E-state index contributed by atoms with van der Waals surface area (Å²) >= 11 is 0. The Morgan fingerprint density at radius 2 is 2.27 bits per heavy atom. The summed E-state index contributed by atoms with van der Waals surface area (Å²) in [7, 11) is -1.50. The van der Waals surface area contributed by atoms with Crippen LogP contribution in [0.25, 0.3) is 0 Å². The van der Waals surface area contributed by atoms with Gasteiger partial charge in [-0.05, 0) is 49.3 Å². The lowest BCUT2D eigenvalue weighted by atomic mass is 9.93. The molecule has 0 aliphatic carbocycles. The van der Waals surface area contributed by atoms with Crippen LogP contribution < -0.4 is 4.74 Å². The summed E-state index contributed by atoms with van der Waals surface area (Å²) in [6.07, 6.45) is 5.48. The lowest BCUT2D eigenvalue weighted by molar-refractivity contribution is 0.256. The zero-order valence-corrected chi connectivity index (χ0v) is 14.0. The largest absolute Gasteiger partial charge is 0.497 e. The van der Waals surface area contributed by atoms with Crippen molar-refractivity contribution in [3.05, 3.63) is 42.5 Å². The maximum absolute atomic E-state index is 12.1. The Morgan fingerprint density at radius 1 is 1.45 bits per heavy atom. The Balaban J connectivity index is 1.91. The van der Waals surface area contributed by atoms with Gasteiger partial charge in [0, 0.05) is 13.1 Å². The number of aryl methyl sites for hydroxylation is 1. The number of hydrogen-bond donors (Lipinski definition) is 0. The first-order valence-electron chi connectivity index (χ1n) is 7.77. The van der Waals surface area contributed by atoms with Gasteiger partial charge in [0.2, 0.25) is 10.0 Å². The zero-order chi connectivity index (χ0) is 16.0. The fraction of sp³-hybridized carbons (Fsp3) is 0.529. The standard InChI is InChI=1S/C17H25NO3S/c1-3-12-22(19,20)18-11-5-7-16(14-18)10-9-15-6-4-8-17(13-15)21-2/h3-4,6,8,13,16H,1,5,7,9-12,14H2,2H3/t16-/m1/s1. The van der Waals surface area contributed by atoms with Crippen LogP contribution in [0.3, 0.4) is 0 Å². The third kappa shape index (κ3) is 4.58. The molecule has 1 aromatic carbocycles. The summed E-state index contributed by atoms with van der Waals surface area (Å²) in [5, 5.41) is 0. The molecule has 2 rings (SSSR count). The van der Waals surface area contributed by atoms with Crippen LogP contribution in [0.4, 0.5) is 0 Å². The molecule has 1 aliphatic rings. The van der Waals surface area contributed by atoms with Crippen molar-refractivity contribution in [3.63, 3.8) is 0 Å². The number of nitrogens with zero attached hydrogens (tertiary/aromatic N) is 1. The minimum atomic E-state index is -3.16. The molecular weight excluding hydrogens is 298 g/mol. The molecule has 122 valence electrons. The zero-order valence-electron chi connectivity index (χ0n) is 13.2. The smallest absolute Gasteiger partial charge is 0.217 e. The molecule has 0 spiro atoms. The van der Waals surface area contributed by atoms with Crippen molar-refractivity contribution in [1.82, 2.24) is 4.31 Å². The summed E-state index contributed by atoms with van der Waals surface area (Å²) in [6, 6.07) is 8.08. The van der Waals surface area contributed by atoms with Crippen LogP contribution in [-0.2, 0) is 16.4 Å². The van der Waals surface area contributed by atoms with Gasteiger partial charge in [-0.2, -0.15) is 0 Å². The average molecular weight is 323 g/mol. The van der Waals surface area contributed by atoms with Gasteiger partial charge in [-0.25, -0.2) is 12.7 Å². The van der Waals surface area contributed by atoms with E-state index in [1.807, 2.05) is 12.1 Å². The number of sulfonamides is 1. The Hall–Kier alpha value is -1.33. The fourth-order valence-corrected chi connectivity index (χ4v) is 4.32. The van der Waals surface area contributed by atoms with E-state index in [1.54, 1.807) is 11.4 Å². The SMILES string of the molecule is C=CCS(=O)(=O)N1CCC[C@H](CCc2cccc(OC)c2)C1. The normalized spacial score (nSPS) is 19.8. The molecule has 0 amide bonds. The lowest BCUT2D eigenvalue weighted by Crippen LogP contribution is -2.40.